The summed E-state index contributed by atoms with van der Waals surface area (Å²) in [5.74, 6) is 1.27. The smallest absolute Gasteiger partial charge is 0.221 e. The molecule has 1 atom stereocenters. The second-order valence-electron chi connectivity index (χ2n) is 6.76. The summed E-state index contributed by atoms with van der Waals surface area (Å²) >= 11 is 6.01. The maximum atomic E-state index is 12.1. The zero-order chi connectivity index (χ0) is 19.1. The molecule has 1 unspecified atom stereocenters. The van der Waals surface area contributed by atoms with Gasteiger partial charge in [0, 0.05) is 43.3 Å². The quantitative estimate of drug-likeness (QED) is 0.723. The van der Waals surface area contributed by atoms with Gasteiger partial charge in [-0.25, -0.2) is 0 Å². The van der Waals surface area contributed by atoms with E-state index in [1.54, 1.807) is 19.2 Å². The zero-order valence-corrected chi connectivity index (χ0v) is 16.3. The average Bonchev–Trinajstić information content (AvgIpc) is 3.16. The Morgan fingerprint density at radius 2 is 2.07 bits per heavy atom. The van der Waals surface area contributed by atoms with E-state index in [2.05, 4.69) is 39.8 Å². The molecule has 2 N–H and O–H groups in total. The normalized spacial score (nSPS) is 16.2. The van der Waals surface area contributed by atoms with Gasteiger partial charge in [0.1, 0.15) is 5.75 Å². The third kappa shape index (κ3) is 5.54. The Hall–Kier alpha value is -2.40. The molecule has 5 nitrogen and oxygen atoms in total. The van der Waals surface area contributed by atoms with E-state index in [0.29, 0.717) is 29.7 Å². The molecule has 27 heavy (non-hydrogen) atoms. The van der Waals surface area contributed by atoms with Gasteiger partial charge in [0.25, 0.3) is 0 Å². The second kappa shape index (κ2) is 9.51. The lowest BCUT2D eigenvalue weighted by Crippen LogP contribution is -2.31. The number of halogens is 1. The number of nitrogens with one attached hydrogen (secondary N) is 2. The molecule has 6 heteroatoms. The number of para-hydroxylation sites is 1. The van der Waals surface area contributed by atoms with Gasteiger partial charge >= 0.3 is 0 Å². The number of carbonyl (C=O) groups is 1. The van der Waals surface area contributed by atoms with Crippen LogP contribution in [0.5, 0.6) is 5.75 Å². The lowest BCUT2D eigenvalue weighted by atomic mass is 10.1. The third-order valence-corrected chi connectivity index (χ3v) is 5.06. The molecule has 0 aliphatic carbocycles. The molecule has 144 valence electrons. The minimum Gasteiger partial charge on any atom is -0.495 e. The number of hydrogen-bond acceptors (Lipinski definition) is 4. The Morgan fingerprint density at radius 3 is 2.85 bits per heavy atom. The topological polar surface area (TPSA) is 53.6 Å². The molecule has 1 fully saturated rings. The minimum absolute atomic E-state index is 0.0571. The van der Waals surface area contributed by atoms with Crippen molar-refractivity contribution in [2.45, 2.75) is 12.8 Å². The van der Waals surface area contributed by atoms with Crippen molar-refractivity contribution in [2.24, 2.45) is 5.92 Å². The van der Waals surface area contributed by atoms with E-state index < -0.39 is 0 Å². The van der Waals surface area contributed by atoms with Gasteiger partial charge in [-0.2, -0.15) is 0 Å². The highest BCUT2D eigenvalue weighted by atomic mass is 35.5. The van der Waals surface area contributed by atoms with E-state index in [4.69, 9.17) is 16.3 Å². The lowest BCUT2D eigenvalue weighted by Gasteiger charge is -2.18. The molecule has 3 rings (SSSR count). The molecule has 1 heterocycles. The number of nitrogens with zero attached hydrogens (tertiary/aromatic N) is 1. The molecule has 0 spiro atoms. The zero-order valence-electron chi connectivity index (χ0n) is 15.6. The van der Waals surface area contributed by atoms with Crippen LogP contribution in [0.1, 0.15) is 12.8 Å². The highest BCUT2D eigenvalue weighted by Gasteiger charge is 2.22. The average molecular weight is 388 g/mol. The summed E-state index contributed by atoms with van der Waals surface area (Å²) in [5.41, 5.74) is 2.05. The first kappa shape index (κ1) is 19.4. The Bertz CT molecular complexity index is 754. The van der Waals surface area contributed by atoms with Crippen LogP contribution >= 0.6 is 11.6 Å². The fourth-order valence-electron chi connectivity index (χ4n) is 3.35. The monoisotopic (exact) mass is 387 g/mol. The van der Waals surface area contributed by atoms with Crippen molar-refractivity contribution in [1.29, 1.82) is 0 Å². The predicted molar refractivity (Wildman–Crippen MR) is 111 cm³/mol. The largest absolute Gasteiger partial charge is 0.495 e. The van der Waals surface area contributed by atoms with Gasteiger partial charge in [0.15, 0.2) is 0 Å². The summed E-state index contributed by atoms with van der Waals surface area (Å²) in [6.07, 6.45) is 1.51. The maximum Gasteiger partial charge on any atom is 0.221 e. The van der Waals surface area contributed by atoms with Crippen LogP contribution in [-0.2, 0) is 4.79 Å². The van der Waals surface area contributed by atoms with Gasteiger partial charge in [0.05, 0.1) is 12.8 Å². The second-order valence-corrected chi connectivity index (χ2v) is 7.20. The van der Waals surface area contributed by atoms with Crippen LogP contribution in [0.2, 0.25) is 5.02 Å². The molecule has 1 aliphatic rings. The van der Waals surface area contributed by atoms with Crippen molar-refractivity contribution in [1.82, 2.24) is 5.32 Å². The predicted octanol–water partition coefficient (Wildman–Crippen LogP) is 3.79. The van der Waals surface area contributed by atoms with Crippen LogP contribution in [0.25, 0.3) is 0 Å². The van der Waals surface area contributed by atoms with E-state index in [-0.39, 0.29) is 5.91 Å². The van der Waals surface area contributed by atoms with Crippen molar-refractivity contribution in [3.8, 4) is 5.75 Å². The highest BCUT2D eigenvalue weighted by Crippen LogP contribution is 2.27. The molecular formula is C21H26ClN3O2. The van der Waals surface area contributed by atoms with E-state index >= 15 is 0 Å². The van der Waals surface area contributed by atoms with E-state index in [1.165, 1.54) is 5.69 Å². The van der Waals surface area contributed by atoms with E-state index in [9.17, 15) is 4.79 Å². The number of benzene rings is 2. The summed E-state index contributed by atoms with van der Waals surface area (Å²) in [6, 6.07) is 15.8. The Labute approximate surface area is 165 Å². The van der Waals surface area contributed by atoms with Crippen molar-refractivity contribution in [3.63, 3.8) is 0 Å². The lowest BCUT2D eigenvalue weighted by molar-refractivity contribution is -0.121. The molecule has 2 aromatic rings. The Balaban J connectivity index is 1.37. The fraction of sp³-hybridized carbons (Fsp3) is 0.381. The number of amides is 1. The molecular weight excluding hydrogens is 362 g/mol. The maximum absolute atomic E-state index is 12.1. The van der Waals surface area contributed by atoms with Crippen molar-refractivity contribution >= 4 is 28.9 Å². The van der Waals surface area contributed by atoms with Gasteiger partial charge in [-0.1, -0.05) is 29.8 Å². The highest BCUT2D eigenvalue weighted by molar-refractivity contribution is 6.30. The number of rotatable bonds is 8. The summed E-state index contributed by atoms with van der Waals surface area (Å²) < 4.78 is 5.29. The first-order valence-electron chi connectivity index (χ1n) is 9.30. The van der Waals surface area contributed by atoms with Gasteiger partial charge in [-0.3, -0.25) is 4.79 Å². The van der Waals surface area contributed by atoms with Crippen LogP contribution < -0.4 is 20.3 Å². The van der Waals surface area contributed by atoms with Gasteiger partial charge < -0.3 is 20.3 Å². The van der Waals surface area contributed by atoms with Crippen molar-refractivity contribution in [3.05, 3.63) is 53.6 Å². The summed E-state index contributed by atoms with van der Waals surface area (Å²) in [5, 5.41) is 6.91. The van der Waals surface area contributed by atoms with Gasteiger partial charge in [0.2, 0.25) is 5.91 Å². The minimum atomic E-state index is 0.0571. The number of ether oxygens (including phenoxy) is 1. The third-order valence-electron chi connectivity index (χ3n) is 4.82. The first-order valence-corrected chi connectivity index (χ1v) is 9.67. The molecule has 0 aromatic heterocycles. The van der Waals surface area contributed by atoms with E-state index in [0.717, 1.165) is 31.7 Å². The summed E-state index contributed by atoms with van der Waals surface area (Å²) in [6.45, 7) is 3.29. The summed E-state index contributed by atoms with van der Waals surface area (Å²) in [7, 11) is 1.61. The number of methoxy groups -OCH3 is 1. The molecule has 1 aliphatic heterocycles. The Kier molecular flexibility index (Phi) is 6.82. The van der Waals surface area contributed by atoms with Crippen LogP contribution in [0.4, 0.5) is 11.4 Å². The van der Waals surface area contributed by atoms with E-state index in [1.807, 2.05) is 12.1 Å². The summed E-state index contributed by atoms with van der Waals surface area (Å²) in [4.78, 5) is 14.5. The van der Waals surface area contributed by atoms with Crippen molar-refractivity contribution in [2.75, 3.05) is 43.5 Å². The molecule has 2 aromatic carbocycles. The Morgan fingerprint density at radius 1 is 1.26 bits per heavy atom. The molecule has 0 bridgehead atoms. The first-order chi connectivity index (χ1) is 13.2. The molecule has 1 amide bonds. The SMILES string of the molecule is COc1ccc(Cl)cc1NCCC(=O)NCC1CCN(c2ccccc2)C1. The van der Waals surface area contributed by atoms with Crippen LogP contribution in [0, 0.1) is 5.92 Å². The van der Waals surface area contributed by atoms with Crippen LogP contribution in [-0.4, -0.2) is 39.2 Å². The number of anilines is 2. The van der Waals surface area contributed by atoms with Gasteiger partial charge in [-0.05, 0) is 42.7 Å². The number of hydrogen-bond donors (Lipinski definition) is 2. The van der Waals surface area contributed by atoms with Crippen LogP contribution in [0.3, 0.4) is 0 Å². The molecule has 1 saturated heterocycles. The van der Waals surface area contributed by atoms with Gasteiger partial charge in [-0.15, -0.1) is 0 Å². The van der Waals surface area contributed by atoms with Crippen molar-refractivity contribution < 1.29 is 9.53 Å². The fourth-order valence-corrected chi connectivity index (χ4v) is 3.52. The molecule has 0 saturated carbocycles. The molecule has 0 radical (unpaired) electrons. The standard InChI is InChI=1S/C21H26ClN3O2/c1-27-20-8-7-17(22)13-19(20)23-11-9-21(26)24-14-16-10-12-25(15-16)18-5-3-2-4-6-18/h2-8,13,16,23H,9-12,14-15H2,1H3,(H,24,26). The van der Waals surface area contributed by atoms with Crippen LogP contribution in [0.15, 0.2) is 48.5 Å². The number of carbonyl (C=O) groups excluding carboxylic acids is 1.